The molecule has 0 fully saturated rings. The predicted molar refractivity (Wildman–Crippen MR) is 82.8 cm³/mol. The third-order valence-electron chi connectivity index (χ3n) is 3.07. The number of methoxy groups -OCH3 is 1. The Labute approximate surface area is 122 Å². The summed E-state index contributed by atoms with van der Waals surface area (Å²) < 4.78 is 5.14. The average molecular weight is 275 g/mol. The summed E-state index contributed by atoms with van der Waals surface area (Å²) in [5.74, 6) is 1.03. The van der Waals surface area contributed by atoms with Crippen LogP contribution in [0, 0.1) is 0 Å². The zero-order valence-electron chi connectivity index (χ0n) is 12.8. The Balaban J connectivity index is 2.65. The van der Waals surface area contributed by atoms with Gasteiger partial charge in [0.15, 0.2) is 0 Å². The van der Waals surface area contributed by atoms with E-state index in [0.717, 1.165) is 30.7 Å². The normalized spacial score (nSPS) is 10.8. The maximum absolute atomic E-state index is 12.2. The summed E-state index contributed by atoms with van der Waals surface area (Å²) in [5, 5.41) is 0. The average Bonchev–Trinajstić information content (AvgIpc) is 2.47. The summed E-state index contributed by atoms with van der Waals surface area (Å²) >= 11 is 0. The lowest BCUT2D eigenvalue weighted by Gasteiger charge is -2.22. The quantitative estimate of drug-likeness (QED) is 0.676. The lowest BCUT2D eigenvalue weighted by atomic mass is 10.2. The first-order valence-electron chi connectivity index (χ1n) is 7.27. The first-order valence-corrected chi connectivity index (χ1v) is 7.27. The van der Waals surface area contributed by atoms with E-state index in [0.29, 0.717) is 13.0 Å². The number of carbonyl (C=O) groups is 1. The highest BCUT2D eigenvalue weighted by atomic mass is 16.5. The van der Waals surface area contributed by atoms with Gasteiger partial charge in [0.2, 0.25) is 5.91 Å². The van der Waals surface area contributed by atoms with E-state index in [9.17, 15) is 4.79 Å². The second kappa shape index (κ2) is 9.18. The molecule has 0 aliphatic rings. The van der Waals surface area contributed by atoms with Crippen LogP contribution < -0.4 is 4.74 Å². The molecule has 0 radical (unpaired) electrons. The van der Waals surface area contributed by atoms with E-state index in [-0.39, 0.29) is 5.91 Å². The molecule has 3 heteroatoms. The molecule has 0 spiro atoms. The van der Waals surface area contributed by atoms with Gasteiger partial charge in [0.05, 0.1) is 7.11 Å². The first-order chi connectivity index (χ1) is 9.71. The van der Waals surface area contributed by atoms with E-state index in [1.165, 1.54) is 0 Å². The van der Waals surface area contributed by atoms with Gasteiger partial charge in [-0.3, -0.25) is 4.79 Å². The van der Waals surface area contributed by atoms with Crippen molar-refractivity contribution in [3.05, 3.63) is 42.0 Å². The van der Waals surface area contributed by atoms with Gasteiger partial charge >= 0.3 is 0 Å². The maximum Gasteiger partial charge on any atom is 0.226 e. The molecule has 1 rings (SSSR count). The molecule has 20 heavy (non-hydrogen) atoms. The monoisotopic (exact) mass is 275 g/mol. The van der Waals surface area contributed by atoms with Crippen LogP contribution in [0.15, 0.2) is 36.4 Å². The zero-order chi connectivity index (χ0) is 14.8. The Hall–Kier alpha value is -1.77. The molecule has 1 amide bonds. The molecule has 0 aromatic heterocycles. The minimum atomic E-state index is 0.187. The maximum atomic E-state index is 12.2. The fraction of sp³-hybridized carbons (Fsp3) is 0.471. The highest BCUT2D eigenvalue weighted by Gasteiger charge is 2.11. The van der Waals surface area contributed by atoms with E-state index in [1.54, 1.807) is 7.11 Å². The minimum absolute atomic E-state index is 0.187. The summed E-state index contributed by atoms with van der Waals surface area (Å²) in [6, 6.07) is 7.88. The number of hydrogen-bond donors (Lipinski definition) is 0. The van der Waals surface area contributed by atoms with Crippen LogP contribution >= 0.6 is 0 Å². The van der Waals surface area contributed by atoms with Crippen LogP contribution in [0.1, 0.15) is 38.7 Å². The van der Waals surface area contributed by atoms with Crippen LogP contribution in [-0.4, -0.2) is 24.5 Å². The molecule has 0 saturated heterocycles. The number of rotatable bonds is 8. The van der Waals surface area contributed by atoms with Crippen molar-refractivity contribution in [2.45, 2.75) is 39.7 Å². The van der Waals surface area contributed by atoms with Gasteiger partial charge in [-0.05, 0) is 30.5 Å². The van der Waals surface area contributed by atoms with Crippen LogP contribution in [0.5, 0.6) is 5.75 Å². The van der Waals surface area contributed by atoms with Crippen molar-refractivity contribution in [1.82, 2.24) is 4.90 Å². The van der Waals surface area contributed by atoms with Crippen molar-refractivity contribution in [2.75, 3.05) is 13.7 Å². The second-order valence-electron chi connectivity index (χ2n) is 4.75. The van der Waals surface area contributed by atoms with Gasteiger partial charge in [-0.15, -0.1) is 0 Å². The number of allylic oxidation sites excluding steroid dienone is 1. The van der Waals surface area contributed by atoms with Crippen molar-refractivity contribution in [1.29, 1.82) is 0 Å². The number of benzene rings is 1. The zero-order valence-corrected chi connectivity index (χ0v) is 12.8. The van der Waals surface area contributed by atoms with Gasteiger partial charge in [-0.25, -0.2) is 0 Å². The molecule has 0 aliphatic heterocycles. The molecule has 0 bridgehead atoms. The van der Waals surface area contributed by atoms with Gasteiger partial charge in [0, 0.05) is 19.5 Å². The molecule has 0 unspecified atom stereocenters. The molecular weight excluding hydrogens is 250 g/mol. The summed E-state index contributed by atoms with van der Waals surface area (Å²) in [4.78, 5) is 14.1. The number of carbonyl (C=O) groups excluding carboxylic acids is 1. The van der Waals surface area contributed by atoms with Crippen LogP contribution in [-0.2, 0) is 11.3 Å². The SMILES string of the molecule is CCC=CCC(=O)N(CCC)Cc1ccc(OC)cc1. The first kappa shape index (κ1) is 16.3. The summed E-state index contributed by atoms with van der Waals surface area (Å²) in [5.41, 5.74) is 1.13. The number of nitrogens with zero attached hydrogens (tertiary/aromatic N) is 1. The lowest BCUT2D eigenvalue weighted by Crippen LogP contribution is -2.30. The summed E-state index contributed by atoms with van der Waals surface area (Å²) in [6.45, 7) is 5.62. The van der Waals surface area contributed by atoms with E-state index >= 15 is 0 Å². The van der Waals surface area contributed by atoms with Gasteiger partial charge in [-0.1, -0.05) is 38.1 Å². The third kappa shape index (κ3) is 5.47. The van der Waals surface area contributed by atoms with Crippen LogP contribution in [0.2, 0.25) is 0 Å². The fourth-order valence-corrected chi connectivity index (χ4v) is 1.99. The Morgan fingerprint density at radius 1 is 1.20 bits per heavy atom. The summed E-state index contributed by atoms with van der Waals surface area (Å²) in [6.07, 6.45) is 6.43. The van der Waals surface area contributed by atoms with Crippen LogP contribution in [0.25, 0.3) is 0 Å². The van der Waals surface area contributed by atoms with E-state index in [2.05, 4.69) is 13.8 Å². The Kier molecular flexibility index (Phi) is 7.48. The number of ether oxygens (including phenoxy) is 1. The summed E-state index contributed by atoms with van der Waals surface area (Å²) in [7, 11) is 1.65. The third-order valence-corrected chi connectivity index (χ3v) is 3.07. The molecular formula is C17H25NO2. The van der Waals surface area contributed by atoms with Crippen molar-refractivity contribution in [3.8, 4) is 5.75 Å². The number of amides is 1. The standard InChI is InChI=1S/C17H25NO2/c1-4-6-7-8-17(19)18(13-5-2)14-15-9-11-16(20-3)12-10-15/h6-7,9-12H,4-5,8,13-14H2,1-3H3. The molecule has 0 atom stereocenters. The second-order valence-corrected chi connectivity index (χ2v) is 4.75. The van der Waals surface area contributed by atoms with E-state index in [4.69, 9.17) is 4.74 Å². The Bertz CT molecular complexity index is 423. The van der Waals surface area contributed by atoms with Crippen LogP contribution in [0.3, 0.4) is 0 Å². The van der Waals surface area contributed by atoms with E-state index in [1.807, 2.05) is 41.3 Å². The molecule has 0 saturated carbocycles. The van der Waals surface area contributed by atoms with Gasteiger partial charge in [0.1, 0.15) is 5.75 Å². The fourth-order valence-electron chi connectivity index (χ4n) is 1.99. The Morgan fingerprint density at radius 3 is 2.45 bits per heavy atom. The molecule has 3 nitrogen and oxygen atoms in total. The highest BCUT2D eigenvalue weighted by molar-refractivity contribution is 5.77. The predicted octanol–water partition coefficient (Wildman–Crippen LogP) is 3.79. The lowest BCUT2D eigenvalue weighted by molar-refractivity contribution is -0.130. The van der Waals surface area contributed by atoms with Crippen molar-refractivity contribution >= 4 is 5.91 Å². The molecule has 0 N–H and O–H groups in total. The van der Waals surface area contributed by atoms with Gasteiger partial charge in [0.25, 0.3) is 0 Å². The smallest absolute Gasteiger partial charge is 0.226 e. The van der Waals surface area contributed by atoms with Gasteiger partial charge in [-0.2, -0.15) is 0 Å². The van der Waals surface area contributed by atoms with Crippen molar-refractivity contribution in [2.24, 2.45) is 0 Å². The largest absolute Gasteiger partial charge is 0.497 e. The molecule has 0 aliphatic carbocycles. The molecule has 1 aromatic carbocycles. The number of hydrogen-bond acceptors (Lipinski definition) is 2. The Morgan fingerprint density at radius 2 is 1.90 bits per heavy atom. The topological polar surface area (TPSA) is 29.5 Å². The van der Waals surface area contributed by atoms with Crippen molar-refractivity contribution in [3.63, 3.8) is 0 Å². The van der Waals surface area contributed by atoms with Gasteiger partial charge < -0.3 is 9.64 Å². The molecule has 1 aromatic rings. The molecule has 0 heterocycles. The minimum Gasteiger partial charge on any atom is -0.497 e. The van der Waals surface area contributed by atoms with Crippen LogP contribution in [0.4, 0.5) is 0 Å². The highest BCUT2D eigenvalue weighted by Crippen LogP contribution is 2.14. The van der Waals surface area contributed by atoms with Crippen molar-refractivity contribution < 1.29 is 9.53 Å². The van der Waals surface area contributed by atoms with E-state index < -0.39 is 0 Å². The molecule has 110 valence electrons.